The van der Waals surface area contributed by atoms with E-state index in [1.54, 1.807) is 12.3 Å². The van der Waals surface area contributed by atoms with Gasteiger partial charge in [0.2, 0.25) is 6.10 Å². The highest BCUT2D eigenvalue weighted by Gasteiger charge is 2.55. The number of hydrogen-bond donors (Lipinski definition) is 1. The van der Waals surface area contributed by atoms with Gasteiger partial charge in [0.25, 0.3) is 5.91 Å². The Labute approximate surface area is 234 Å². The van der Waals surface area contributed by atoms with Gasteiger partial charge >= 0.3 is 29.6 Å². The van der Waals surface area contributed by atoms with Gasteiger partial charge < -0.3 is 29.2 Å². The minimum atomic E-state index is -6.09. The molecular formula is C24H33F3N2O11S. The van der Waals surface area contributed by atoms with Gasteiger partial charge in [0.1, 0.15) is 18.3 Å². The lowest BCUT2D eigenvalue weighted by Gasteiger charge is -2.22. The Hall–Kier alpha value is -3.31. The van der Waals surface area contributed by atoms with Gasteiger partial charge in [-0.25, -0.2) is 8.42 Å². The molecule has 41 heavy (non-hydrogen) atoms. The number of aromatic nitrogens is 1. The molecule has 0 radical (unpaired) electrons. The van der Waals surface area contributed by atoms with Gasteiger partial charge in [-0.1, -0.05) is 20.8 Å². The Balaban J connectivity index is 0.000000915. The van der Waals surface area contributed by atoms with E-state index in [1.807, 2.05) is 20.8 Å². The summed E-state index contributed by atoms with van der Waals surface area (Å²) in [6.07, 6.45) is 1.58. The number of halogens is 3. The van der Waals surface area contributed by atoms with Gasteiger partial charge in [0, 0.05) is 25.3 Å². The lowest BCUT2D eigenvalue weighted by molar-refractivity contribution is -0.765. The van der Waals surface area contributed by atoms with Crippen molar-refractivity contribution in [1.29, 1.82) is 0 Å². The molecule has 1 aliphatic rings. The van der Waals surface area contributed by atoms with E-state index in [2.05, 4.69) is 0 Å². The van der Waals surface area contributed by atoms with E-state index in [-0.39, 0.29) is 31.4 Å². The Kier molecular flexibility index (Phi) is 14.1. The molecule has 0 aromatic carbocycles. The fourth-order valence-electron chi connectivity index (χ4n) is 3.43. The maximum atomic E-state index is 12.4. The van der Waals surface area contributed by atoms with Crippen molar-refractivity contribution in [3.05, 3.63) is 30.1 Å². The quantitative estimate of drug-likeness (QED) is 0.119. The van der Waals surface area contributed by atoms with Crippen LogP contribution in [0.3, 0.4) is 0 Å². The summed E-state index contributed by atoms with van der Waals surface area (Å²) in [7, 11) is -6.09. The van der Waals surface area contributed by atoms with E-state index in [9.17, 15) is 32.3 Å². The molecule has 1 aliphatic heterocycles. The molecule has 2 rings (SSSR count). The van der Waals surface area contributed by atoms with Crippen molar-refractivity contribution in [3.8, 4) is 0 Å². The van der Waals surface area contributed by atoms with Gasteiger partial charge in [0.15, 0.2) is 28.6 Å². The Bertz CT molecular complexity index is 1160. The molecule has 1 aromatic rings. The van der Waals surface area contributed by atoms with Gasteiger partial charge in [-0.3, -0.25) is 19.2 Å². The molecule has 0 aliphatic carbocycles. The number of primary amides is 1. The van der Waals surface area contributed by atoms with E-state index in [1.165, 1.54) is 16.8 Å². The Morgan fingerprint density at radius 3 is 1.93 bits per heavy atom. The largest absolute Gasteiger partial charge is 0.741 e. The smallest absolute Gasteiger partial charge is 0.485 e. The highest BCUT2D eigenvalue weighted by molar-refractivity contribution is 7.86. The second-order valence-corrected chi connectivity index (χ2v) is 10.1. The fraction of sp³-hybridized carbons (Fsp3) is 0.625. The van der Waals surface area contributed by atoms with Crippen LogP contribution in [0, 0.1) is 0 Å². The van der Waals surface area contributed by atoms with Crippen molar-refractivity contribution < 1.29 is 68.8 Å². The molecule has 1 aromatic heterocycles. The van der Waals surface area contributed by atoms with Gasteiger partial charge in [-0.05, 0) is 25.3 Å². The first-order valence-electron chi connectivity index (χ1n) is 12.6. The number of pyridine rings is 1. The highest BCUT2D eigenvalue weighted by atomic mass is 32.2. The minimum absolute atomic E-state index is 0.168. The van der Waals surface area contributed by atoms with Crippen LogP contribution < -0.4 is 10.3 Å². The second-order valence-electron chi connectivity index (χ2n) is 8.71. The first kappa shape index (κ1) is 35.7. The highest BCUT2D eigenvalue weighted by Crippen LogP contribution is 2.32. The number of nitrogens with two attached hydrogens (primary N) is 1. The zero-order chi connectivity index (χ0) is 31.4. The molecule has 0 saturated carbocycles. The molecule has 0 bridgehead atoms. The number of esters is 3. The second kappa shape index (κ2) is 16.2. The summed E-state index contributed by atoms with van der Waals surface area (Å²) < 4.78 is 83.1. The first-order chi connectivity index (χ1) is 19.0. The third-order valence-corrected chi connectivity index (χ3v) is 5.84. The lowest BCUT2D eigenvalue weighted by Crippen LogP contribution is -2.49. The predicted octanol–water partition coefficient (Wildman–Crippen LogP) is 1.79. The summed E-state index contributed by atoms with van der Waals surface area (Å²) in [5.74, 6) is -2.02. The number of carbonyl (C=O) groups excluding carboxylic acids is 4. The van der Waals surface area contributed by atoms with Crippen molar-refractivity contribution >= 4 is 33.9 Å². The summed E-state index contributed by atoms with van der Waals surface area (Å²) >= 11 is 0. The van der Waals surface area contributed by atoms with Crippen LogP contribution in [0.15, 0.2) is 24.5 Å². The summed E-state index contributed by atoms with van der Waals surface area (Å²) in [6.45, 7) is 5.34. The monoisotopic (exact) mass is 614 g/mol. The SMILES string of the molecule is CCCC(=O)OC[C@H]1O[C@@H]([n+]2cccc(C(N)=O)c2)[C@H](OC(=O)CCC)[C@@H]1OC(=O)CCC.O=S(=O)([O-])C(F)(F)F. The van der Waals surface area contributed by atoms with Crippen molar-refractivity contribution in [1.82, 2.24) is 0 Å². The summed E-state index contributed by atoms with van der Waals surface area (Å²) in [5, 5.41) is 0. The first-order valence-corrected chi connectivity index (χ1v) is 14.0. The predicted molar refractivity (Wildman–Crippen MR) is 130 cm³/mol. The fourth-order valence-corrected chi connectivity index (χ4v) is 3.43. The molecule has 232 valence electrons. The molecule has 4 atom stereocenters. The number of ether oxygens (including phenoxy) is 4. The zero-order valence-electron chi connectivity index (χ0n) is 22.6. The van der Waals surface area contributed by atoms with Crippen LogP contribution in [0.25, 0.3) is 0 Å². The third kappa shape index (κ3) is 11.6. The topological polar surface area (TPSA) is 192 Å². The van der Waals surface area contributed by atoms with E-state index in [0.717, 1.165) is 0 Å². The van der Waals surface area contributed by atoms with Gasteiger partial charge in [-0.15, -0.1) is 0 Å². The van der Waals surface area contributed by atoms with E-state index >= 15 is 0 Å². The molecule has 0 unspecified atom stereocenters. The van der Waals surface area contributed by atoms with E-state index in [4.69, 9.17) is 37.7 Å². The number of carbonyl (C=O) groups is 4. The average molecular weight is 615 g/mol. The molecule has 0 spiro atoms. The van der Waals surface area contributed by atoms with Crippen LogP contribution in [-0.4, -0.2) is 67.2 Å². The standard InChI is InChI=1S/C23H32N2O8.CHF3O3S/c1-4-8-17(26)30-14-16-20(32-18(27)9-5-2)21(33-19(28)10-6-3)23(31-16)25-12-7-11-15(13-25)22(24)29;2-1(3,4)8(5,6)7/h7,11-13,16,20-21,23H,4-6,8-10,14H2,1-3H3,(H-,24,29);(H,5,6,7)/t16-,20-,21-,23-;/m1./s1. The van der Waals surface area contributed by atoms with Gasteiger partial charge in [0.05, 0.1) is 0 Å². The average Bonchev–Trinajstić information content (AvgIpc) is 3.19. The van der Waals surface area contributed by atoms with Crippen LogP contribution in [0.1, 0.15) is 75.9 Å². The van der Waals surface area contributed by atoms with Crippen LogP contribution >= 0.6 is 0 Å². The Morgan fingerprint density at radius 1 is 0.976 bits per heavy atom. The van der Waals surface area contributed by atoms with E-state index < -0.39 is 64.0 Å². The molecule has 13 nitrogen and oxygen atoms in total. The summed E-state index contributed by atoms with van der Waals surface area (Å²) in [4.78, 5) is 48.3. The lowest BCUT2D eigenvalue weighted by atomic mass is 10.1. The number of hydrogen-bond acceptors (Lipinski definition) is 11. The van der Waals surface area contributed by atoms with Crippen molar-refractivity contribution in [2.24, 2.45) is 5.73 Å². The zero-order valence-corrected chi connectivity index (χ0v) is 23.4. The number of alkyl halides is 3. The summed E-state index contributed by atoms with van der Waals surface area (Å²) in [5.41, 5.74) is -0.0320. The molecule has 2 N–H and O–H groups in total. The molecule has 1 amide bonds. The maximum absolute atomic E-state index is 12.4. The summed E-state index contributed by atoms with van der Waals surface area (Å²) in [6, 6.07) is 3.13. The molecular weight excluding hydrogens is 581 g/mol. The van der Waals surface area contributed by atoms with Crippen LogP contribution in [0.4, 0.5) is 13.2 Å². The van der Waals surface area contributed by atoms with Crippen molar-refractivity contribution in [2.45, 2.75) is 89.3 Å². The van der Waals surface area contributed by atoms with Gasteiger partial charge in [-0.2, -0.15) is 17.7 Å². The number of rotatable bonds is 12. The van der Waals surface area contributed by atoms with Crippen LogP contribution in [-0.2, 0) is 43.4 Å². The van der Waals surface area contributed by atoms with Crippen LogP contribution in [0.2, 0.25) is 0 Å². The molecule has 2 heterocycles. The normalized spacial score (nSPS) is 20.4. The maximum Gasteiger partial charge on any atom is 0.485 e. The molecule has 1 fully saturated rings. The Morgan fingerprint density at radius 2 is 1.46 bits per heavy atom. The van der Waals surface area contributed by atoms with Crippen LogP contribution in [0.5, 0.6) is 0 Å². The third-order valence-electron chi connectivity index (χ3n) is 5.28. The van der Waals surface area contributed by atoms with Crippen molar-refractivity contribution in [3.63, 3.8) is 0 Å². The number of nitrogens with zero attached hydrogens (tertiary/aromatic N) is 1. The molecule has 1 saturated heterocycles. The van der Waals surface area contributed by atoms with E-state index in [0.29, 0.717) is 19.3 Å². The van der Waals surface area contributed by atoms with Crippen molar-refractivity contribution in [2.75, 3.05) is 6.61 Å². The molecule has 17 heteroatoms. The minimum Gasteiger partial charge on any atom is -0.741 e. The number of amides is 1.